The fourth-order valence-corrected chi connectivity index (χ4v) is 2.56. The molecule has 1 aromatic carbocycles. The lowest BCUT2D eigenvalue weighted by Crippen LogP contribution is -2.27. The second kappa shape index (κ2) is 5.44. The first-order chi connectivity index (χ1) is 10.1. The molecular weight excluding hydrogens is 266 g/mol. The summed E-state index contributed by atoms with van der Waals surface area (Å²) in [6.45, 7) is 1.93. The van der Waals surface area contributed by atoms with Crippen LogP contribution in [-0.2, 0) is 11.2 Å². The van der Waals surface area contributed by atoms with Gasteiger partial charge in [0.15, 0.2) is 0 Å². The van der Waals surface area contributed by atoms with Gasteiger partial charge in [0, 0.05) is 30.2 Å². The van der Waals surface area contributed by atoms with Crippen LogP contribution in [0, 0.1) is 6.92 Å². The van der Waals surface area contributed by atoms with Crippen molar-refractivity contribution in [2.24, 2.45) is 0 Å². The molecule has 3 rings (SSSR count). The summed E-state index contributed by atoms with van der Waals surface area (Å²) in [6, 6.07) is 3.61. The van der Waals surface area contributed by atoms with Gasteiger partial charge in [0.05, 0.1) is 0 Å². The molecule has 3 amide bonds. The molecule has 0 saturated heterocycles. The van der Waals surface area contributed by atoms with Gasteiger partial charge in [-0.1, -0.05) is 12.2 Å². The molecule has 0 aromatic heterocycles. The predicted octanol–water partition coefficient (Wildman–Crippen LogP) is 3.14. The number of nitrogens with zero attached hydrogens (tertiary/aromatic N) is 1. The molecule has 5 heteroatoms. The summed E-state index contributed by atoms with van der Waals surface area (Å²) < 4.78 is 0. The summed E-state index contributed by atoms with van der Waals surface area (Å²) in [7, 11) is 0. The van der Waals surface area contributed by atoms with Gasteiger partial charge in [0.2, 0.25) is 5.91 Å². The number of amides is 3. The number of aryl methyl sites for hydroxylation is 2. The SMILES string of the molecule is Cc1cc(NC(=O)N2C=CCC=C2)cc2c1NC(=O)CC2. The molecule has 0 saturated carbocycles. The van der Waals surface area contributed by atoms with E-state index in [1.807, 2.05) is 31.2 Å². The molecule has 0 atom stereocenters. The van der Waals surface area contributed by atoms with E-state index in [1.165, 1.54) is 4.90 Å². The Morgan fingerprint density at radius 3 is 2.76 bits per heavy atom. The number of fused-ring (bicyclic) bond motifs is 1. The summed E-state index contributed by atoms with van der Waals surface area (Å²) in [4.78, 5) is 25.1. The largest absolute Gasteiger partial charge is 0.329 e. The molecular formula is C16H17N3O2. The number of rotatable bonds is 1. The smallest absolute Gasteiger partial charge is 0.326 e. The molecule has 2 heterocycles. The van der Waals surface area contributed by atoms with Gasteiger partial charge in [-0.2, -0.15) is 0 Å². The van der Waals surface area contributed by atoms with Crippen molar-refractivity contribution in [1.29, 1.82) is 0 Å². The fraction of sp³-hybridized carbons (Fsp3) is 0.250. The molecule has 2 N–H and O–H groups in total. The Balaban J connectivity index is 1.80. The van der Waals surface area contributed by atoms with E-state index in [0.29, 0.717) is 12.8 Å². The Kier molecular flexibility index (Phi) is 3.48. The third-order valence-electron chi connectivity index (χ3n) is 3.59. The molecule has 2 aliphatic heterocycles. The normalized spacial score (nSPS) is 16.4. The van der Waals surface area contributed by atoms with Crippen molar-refractivity contribution in [2.75, 3.05) is 10.6 Å². The van der Waals surface area contributed by atoms with Gasteiger partial charge in [0.1, 0.15) is 0 Å². The zero-order valence-electron chi connectivity index (χ0n) is 11.8. The van der Waals surface area contributed by atoms with E-state index in [2.05, 4.69) is 10.6 Å². The number of anilines is 2. The van der Waals surface area contributed by atoms with Crippen LogP contribution in [0.1, 0.15) is 24.0 Å². The van der Waals surface area contributed by atoms with Crippen LogP contribution >= 0.6 is 0 Å². The van der Waals surface area contributed by atoms with E-state index in [4.69, 9.17) is 0 Å². The first-order valence-corrected chi connectivity index (χ1v) is 6.99. The first-order valence-electron chi connectivity index (χ1n) is 6.99. The van der Waals surface area contributed by atoms with Gasteiger partial charge < -0.3 is 10.6 Å². The first kappa shape index (κ1) is 13.4. The van der Waals surface area contributed by atoms with E-state index in [-0.39, 0.29) is 11.9 Å². The molecule has 21 heavy (non-hydrogen) atoms. The highest BCUT2D eigenvalue weighted by molar-refractivity contribution is 5.96. The van der Waals surface area contributed by atoms with Crippen molar-refractivity contribution < 1.29 is 9.59 Å². The quantitative estimate of drug-likeness (QED) is 0.831. The number of nitrogens with one attached hydrogen (secondary N) is 2. The van der Waals surface area contributed by atoms with Gasteiger partial charge in [-0.15, -0.1) is 0 Å². The minimum absolute atomic E-state index is 0.0472. The highest BCUT2D eigenvalue weighted by atomic mass is 16.2. The van der Waals surface area contributed by atoms with Gasteiger partial charge in [0.25, 0.3) is 0 Å². The van der Waals surface area contributed by atoms with Crippen LogP contribution in [0.4, 0.5) is 16.2 Å². The number of hydrogen-bond donors (Lipinski definition) is 2. The van der Waals surface area contributed by atoms with Crippen molar-refractivity contribution in [3.05, 3.63) is 47.8 Å². The molecule has 0 radical (unpaired) electrons. The summed E-state index contributed by atoms with van der Waals surface area (Å²) in [5.74, 6) is 0.0472. The molecule has 0 spiro atoms. The van der Waals surface area contributed by atoms with Crippen LogP contribution in [0.2, 0.25) is 0 Å². The van der Waals surface area contributed by atoms with Gasteiger partial charge >= 0.3 is 6.03 Å². The average Bonchev–Trinajstić information content (AvgIpc) is 2.49. The van der Waals surface area contributed by atoms with Crippen molar-refractivity contribution in [3.63, 3.8) is 0 Å². The molecule has 0 bridgehead atoms. The molecule has 0 aliphatic carbocycles. The standard InChI is InChI=1S/C16H17N3O2/c1-11-9-13(10-12-5-6-14(20)18-15(11)12)17-16(21)19-7-3-2-4-8-19/h3-4,7-10H,2,5-6H2,1H3,(H,17,21)(H,18,20). The zero-order valence-corrected chi connectivity index (χ0v) is 11.8. The summed E-state index contributed by atoms with van der Waals surface area (Å²) >= 11 is 0. The Morgan fingerprint density at radius 2 is 2.00 bits per heavy atom. The van der Waals surface area contributed by atoms with Crippen molar-refractivity contribution in [2.45, 2.75) is 26.2 Å². The van der Waals surface area contributed by atoms with E-state index >= 15 is 0 Å². The molecule has 0 unspecified atom stereocenters. The summed E-state index contributed by atoms with van der Waals surface area (Å²) in [5.41, 5.74) is 3.65. The number of urea groups is 1. The lowest BCUT2D eigenvalue weighted by molar-refractivity contribution is -0.116. The van der Waals surface area contributed by atoms with Crippen molar-refractivity contribution >= 4 is 23.3 Å². The van der Waals surface area contributed by atoms with Gasteiger partial charge in [-0.05, 0) is 43.0 Å². The second-order valence-electron chi connectivity index (χ2n) is 5.22. The number of hydrogen-bond acceptors (Lipinski definition) is 2. The molecule has 2 aliphatic rings. The maximum absolute atomic E-state index is 12.1. The van der Waals surface area contributed by atoms with E-state index in [1.54, 1.807) is 12.4 Å². The average molecular weight is 283 g/mol. The Morgan fingerprint density at radius 1 is 1.24 bits per heavy atom. The number of carbonyl (C=O) groups excluding carboxylic acids is 2. The monoisotopic (exact) mass is 283 g/mol. The minimum Gasteiger partial charge on any atom is -0.326 e. The van der Waals surface area contributed by atoms with Crippen molar-refractivity contribution in [1.82, 2.24) is 4.90 Å². The number of benzene rings is 1. The van der Waals surface area contributed by atoms with E-state index in [0.717, 1.165) is 28.9 Å². The van der Waals surface area contributed by atoms with Crippen LogP contribution in [0.25, 0.3) is 0 Å². The van der Waals surface area contributed by atoms with Crippen LogP contribution in [0.3, 0.4) is 0 Å². The topological polar surface area (TPSA) is 61.4 Å². The Hall–Kier alpha value is -2.56. The Bertz CT molecular complexity index is 650. The van der Waals surface area contributed by atoms with E-state index < -0.39 is 0 Å². The van der Waals surface area contributed by atoms with Crippen LogP contribution in [0.5, 0.6) is 0 Å². The van der Waals surface area contributed by atoms with Gasteiger partial charge in [-0.25, -0.2) is 4.79 Å². The fourth-order valence-electron chi connectivity index (χ4n) is 2.56. The minimum atomic E-state index is -0.193. The number of allylic oxidation sites excluding steroid dienone is 2. The summed E-state index contributed by atoms with van der Waals surface area (Å²) in [5, 5.41) is 5.77. The highest BCUT2D eigenvalue weighted by Crippen LogP contribution is 2.30. The van der Waals surface area contributed by atoms with E-state index in [9.17, 15) is 9.59 Å². The summed E-state index contributed by atoms with van der Waals surface area (Å²) in [6.07, 6.45) is 9.39. The molecule has 5 nitrogen and oxygen atoms in total. The number of carbonyl (C=O) groups is 2. The third kappa shape index (κ3) is 2.81. The van der Waals surface area contributed by atoms with Gasteiger partial charge in [-0.3, -0.25) is 9.69 Å². The molecule has 108 valence electrons. The molecule has 1 aromatic rings. The molecule has 0 fully saturated rings. The predicted molar refractivity (Wildman–Crippen MR) is 81.9 cm³/mol. The van der Waals surface area contributed by atoms with Crippen LogP contribution in [-0.4, -0.2) is 16.8 Å². The highest BCUT2D eigenvalue weighted by Gasteiger charge is 2.18. The second-order valence-corrected chi connectivity index (χ2v) is 5.22. The lowest BCUT2D eigenvalue weighted by Gasteiger charge is -2.22. The van der Waals surface area contributed by atoms with Crippen LogP contribution < -0.4 is 10.6 Å². The van der Waals surface area contributed by atoms with Crippen molar-refractivity contribution in [3.8, 4) is 0 Å². The zero-order chi connectivity index (χ0) is 14.8. The third-order valence-corrected chi connectivity index (χ3v) is 3.59. The Labute approximate surface area is 123 Å². The van der Waals surface area contributed by atoms with Crippen LogP contribution in [0.15, 0.2) is 36.7 Å². The lowest BCUT2D eigenvalue weighted by atomic mass is 9.98. The maximum atomic E-state index is 12.1. The maximum Gasteiger partial charge on any atom is 0.329 e.